The van der Waals surface area contributed by atoms with Crippen molar-refractivity contribution >= 4 is 25.7 Å². The van der Waals surface area contributed by atoms with Crippen molar-refractivity contribution in [3.05, 3.63) is 0 Å². The van der Waals surface area contributed by atoms with Crippen LogP contribution in [0.4, 0.5) is 0 Å². The van der Waals surface area contributed by atoms with Crippen molar-refractivity contribution < 1.29 is 31.3 Å². The molecule has 0 spiro atoms. The summed E-state index contributed by atoms with van der Waals surface area (Å²) in [6, 6.07) is 2.34. The zero-order valence-corrected chi connectivity index (χ0v) is 27.4. The van der Waals surface area contributed by atoms with E-state index in [1.807, 2.05) is 13.8 Å². The Labute approximate surface area is 220 Å². The van der Waals surface area contributed by atoms with Crippen molar-refractivity contribution in [1.29, 1.82) is 0 Å². The minimum Gasteiger partial charge on any atom is -0.415 e. The maximum Gasteiger partial charge on any atom is 0.328 e. The monoisotopic (exact) mass is 554 g/mol. The third kappa shape index (κ3) is 18.3. The predicted octanol–water partition coefficient (Wildman–Crippen LogP) is 6.76. The Hall–Kier alpha value is 0.371. The highest BCUT2D eigenvalue weighted by atomic mass is 28.5. The van der Waals surface area contributed by atoms with Gasteiger partial charge in [0.25, 0.3) is 0 Å². The lowest BCUT2D eigenvalue weighted by molar-refractivity contribution is 0.123. The number of unbranched alkanes of at least 4 members (excludes halogenated alkanes) is 3. The van der Waals surface area contributed by atoms with Crippen LogP contribution in [0, 0.1) is 0 Å². The molecule has 0 aliphatic rings. The molecule has 0 aliphatic carbocycles. The Balaban J connectivity index is 5.42. The van der Waals surface area contributed by atoms with Crippen LogP contribution in [0.3, 0.4) is 0 Å². The molecule has 0 radical (unpaired) electrons. The van der Waals surface area contributed by atoms with Crippen molar-refractivity contribution in [3.8, 4) is 0 Å². The first kappa shape index (κ1) is 35.4. The molecule has 2 unspecified atom stereocenters. The maximum absolute atomic E-state index is 6.95. The van der Waals surface area contributed by atoms with Gasteiger partial charge in [0.15, 0.2) is 0 Å². The van der Waals surface area contributed by atoms with E-state index in [9.17, 15) is 0 Å². The van der Waals surface area contributed by atoms with Crippen molar-refractivity contribution in [1.82, 2.24) is 0 Å². The molecule has 0 aromatic carbocycles. The van der Waals surface area contributed by atoms with Gasteiger partial charge in [0.1, 0.15) is 0 Å². The minimum absolute atomic E-state index is 0.626. The lowest BCUT2D eigenvalue weighted by atomic mass is 10.4. The average molecular weight is 555 g/mol. The van der Waals surface area contributed by atoms with E-state index < -0.39 is 25.7 Å². The lowest BCUT2D eigenvalue weighted by Gasteiger charge is -2.41. The standard InChI is InChI=1S/C25H58O7Si3/c1-9-14-17-26-20-23-33(6,29-12-4)31-35(8,25-22-28-19-16-11-3)32-34(7,30-13-5)24-21-27-18-15-10-2/h9-25H2,1-8H3. The summed E-state index contributed by atoms with van der Waals surface area (Å²) in [6.07, 6.45) is 6.63. The van der Waals surface area contributed by atoms with Crippen LogP contribution in [0.2, 0.25) is 37.8 Å². The Morgan fingerprint density at radius 1 is 0.429 bits per heavy atom. The van der Waals surface area contributed by atoms with E-state index in [1.165, 1.54) is 0 Å². The van der Waals surface area contributed by atoms with Crippen LogP contribution in [0.25, 0.3) is 0 Å². The second-order valence-corrected chi connectivity index (χ2v) is 20.1. The topological polar surface area (TPSA) is 64.6 Å². The lowest BCUT2D eigenvalue weighted by Crippen LogP contribution is -2.58. The summed E-state index contributed by atoms with van der Waals surface area (Å²) in [5.41, 5.74) is 0. The van der Waals surface area contributed by atoms with Crippen LogP contribution in [0.15, 0.2) is 0 Å². The molecule has 7 nitrogen and oxygen atoms in total. The van der Waals surface area contributed by atoms with Gasteiger partial charge in [-0.15, -0.1) is 0 Å². The van der Waals surface area contributed by atoms with Gasteiger partial charge in [-0.05, 0) is 52.8 Å². The summed E-state index contributed by atoms with van der Waals surface area (Å²) in [4.78, 5) is 0. The molecule has 0 aromatic heterocycles. The highest BCUT2D eigenvalue weighted by Crippen LogP contribution is 2.29. The molecule has 0 saturated carbocycles. The highest BCUT2D eigenvalue weighted by Gasteiger charge is 2.48. The number of rotatable bonds is 26. The van der Waals surface area contributed by atoms with E-state index in [0.29, 0.717) is 33.0 Å². The zero-order chi connectivity index (χ0) is 26.5. The summed E-state index contributed by atoms with van der Waals surface area (Å²) >= 11 is 0. The fraction of sp³-hybridized carbons (Fsp3) is 1.00. The van der Waals surface area contributed by atoms with Gasteiger partial charge in [0, 0.05) is 71.0 Å². The van der Waals surface area contributed by atoms with Crippen molar-refractivity contribution in [2.24, 2.45) is 0 Å². The molecule has 0 rings (SSSR count). The van der Waals surface area contributed by atoms with Gasteiger partial charge in [-0.3, -0.25) is 0 Å². The Kier molecular flexibility index (Phi) is 21.5. The van der Waals surface area contributed by atoms with Gasteiger partial charge in [-0.2, -0.15) is 0 Å². The van der Waals surface area contributed by atoms with Gasteiger partial charge in [-0.25, -0.2) is 0 Å². The van der Waals surface area contributed by atoms with Gasteiger partial charge in [0.05, 0.1) is 0 Å². The number of hydrogen-bond acceptors (Lipinski definition) is 7. The quantitative estimate of drug-likeness (QED) is 0.0864. The van der Waals surface area contributed by atoms with Crippen LogP contribution in [0.5, 0.6) is 0 Å². The molecular weight excluding hydrogens is 497 g/mol. The van der Waals surface area contributed by atoms with Crippen LogP contribution in [-0.2, 0) is 31.3 Å². The van der Waals surface area contributed by atoms with E-state index in [0.717, 1.165) is 76.5 Å². The zero-order valence-electron chi connectivity index (χ0n) is 24.4. The van der Waals surface area contributed by atoms with E-state index in [1.54, 1.807) is 0 Å². The Morgan fingerprint density at radius 2 is 0.743 bits per heavy atom. The first-order valence-corrected chi connectivity index (χ1v) is 21.7. The summed E-state index contributed by atoms with van der Waals surface area (Å²) < 4.78 is 44.2. The van der Waals surface area contributed by atoms with Gasteiger partial charge in [0.2, 0.25) is 0 Å². The Morgan fingerprint density at radius 3 is 1.03 bits per heavy atom. The van der Waals surface area contributed by atoms with Crippen LogP contribution in [0.1, 0.15) is 73.1 Å². The van der Waals surface area contributed by atoms with Gasteiger partial charge in [-0.1, -0.05) is 40.0 Å². The summed E-state index contributed by atoms with van der Waals surface area (Å²) in [5, 5.41) is 0. The molecule has 2 atom stereocenters. The molecule has 0 N–H and O–H groups in total. The molecule has 0 aliphatic heterocycles. The molecule has 0 fully saturated rings. The van der Waals surface area contributed by atoms with Crippen molar-refractivity contribution in [2.75, 3.05) is 52.9 Å². The fourth-order valence-electron chi connectivity index (χ4n) is 3.77. The van der Waals surface area contributed by atoms with Gasteiger partial charge < -0.3 is 31.3 Å². The first-order chi connectivity index (χ1) is 16.7. The van der Waals surface area contributed by atoms with Crippen LogP contribution in [-0.4, -0.2) is 78.5 Å². The molecule has 10 heteroatoms. The Bertz CT molecular complexity index is 458. The summed E-state index contributed by atoms with van der Waals surface area (Å²) in [5.74, 6) is 0. The molecule has 0 heterocycles. The predicted molar refractivity (Wildman–Crippen MR) is 152 cm³/mol. The third-order valence-electron chi connectivity index (χ3n) is 5.79. The molecule has 212 valence electrons. The highest BCUT2D eigenvalue weighted by molar-refractivity contribution is 6.85. The summed E-state index contributed by atoms with van der Waals surface area (Å²) in [6.45, 7) is 22.6. The largest absolute Gasteiger partial charge is 0.415 e. The maximum atomic E-state index is 6.95. The van der Waals surface area contributed by atoms with E-state index >= 15 is 0 Å². The molecule has 0 amide bonds. The fourth-order valence-corrected chi connectivity index (χ4v) is 16.8. The van der Waals surface area contributed by atoms with Crippen molar-refractivity contribution in [3.63, 3.8) is 0 Å². The van der Waals surface area contributed by atoms with Crippen molar-refractivity contribution in [2.45, 2.75) is 111 Å². The van der Waals surface area contributed by atoms with E-state index in [4.69, 9.17) is 31.3 Å². The molecular formula is C25H58O7Si3. The second kappa shape index (κ2) is 21.3. The van der Waals surface area contributed by atoms with E-state index in [2.05, 4.69) is 40.4 Å². The van der Waals surface area contributed by atoms with Crippen LogP contribution < -0.4 is 0 Å². The third-order valence-corrected chi connectivity index (χ3v) is 17.8. The molecule has 0 saturated heterocycles. The van der Waals surface area contributed by atoms with E-state index in [-0.39, 0.29) is 0 Å². The molecule has 0 aromatic rings. The van der Waals surface area contributed by atoms with Gasteiger partial charge >= 0.3 is 25.7 Å². The average Bonchev–Trinajstić information content (AvgIpc) is 2.78. The second-order valence-electron chi connectivity index (χ2n) is 9.62. The van der Waals surface area contributed by atoms with Crippen LogP contribution >= 0.6 is 0 Å². The molecule has 35 heavy (non-hydrogen) atoms. The number of hydrogen-bond donors (Lipinski definition) is 0. The minimum atomic E-state index is -2.67. The number of ether oxygens (including phenoxy) is 3. The summed E-state index contributed by atoms with van der Waals surface area (Å²) in [7, 11) is -7.67. The SMILES string of the molecule is CCCCOCC[Si](C)(OCC)O[Si](C)(CCOCCCC)O[Si](C)(CCOCCCC)OCC. The molecule has 0 bridgehead atoms. The first-order valence-electron chi connectivity index (χ1n) is 14.1. The smallest absolute Gasteiger partial charge is 0.328 e. The normalized spacial score (nSPS) is 17.1.